The number of nitrogens with one attached hydrogen (secondary N) is 1. The Bertz CT molecular complexity index is 1100. The molecule has 33 heavy (non-hydrogen) atoms. The predicted octanol–water partition coefficient (Wildman–Crippen LogP) is 3.47. The molecule has 5 rings (SSSR count). The van der Waals surface area contributed by atoms with Crippen molar-refractivity contribution in [1.29, 1.82) is 0 Å². The van der Waals surface area contributed by atoms with E-state index in [1.54, 1.807) is 12.1 Å². The average Bonchev–Trinajstić information content (AvgIpc) is 2.77. The van der Waals surface area contributed by atoms with E-state index in [9.17, 15) is 15.0 Å². The third-order valence-electron chi connectivity index (χ3n) is 8.29. The van der Waals surface area contributed by atoms with Crippen molar-refractivity contribution in [3.8, 4) is 28.4 Å². The number of phenolic OH excluding ortho intramolecular Hbond substituents is 2. The summed E-state index contributed by atoms with van der Waals surface area (Å²) in [6, 6.07) is 9.14. The fourth-order valence-electron chi connectivity index (χ4n) is 6.80. The van der Waals surface area contributed by atoms with Gasteiger partial charge >= 0.3 is 5.97 Å². The number of fused-ring (bicyclic) bond motifs is 9. The fourth-order valence-corrected chi connectivity index (χ4v) is 6.80. The highest BCUT2D eigenvalue weighted by molar-refractivity contribution is 5.78. The summed E-state index contributed by atoms with van der Waals surface area (Å²) < 4.78 is 11.5. The van der Waals surface area contributed by atoms with Crippen LogP contribution in [0.5, 0.6) is 17.2 Å². The molecule has 0 aliphatic carbocycles. The van der Waals surface area contributed by atoms with Crippen LogP contribution in [0.15, 0.2) is 30.3 Å². The second-order valence-electron chi connectivity index (χ2n) is 10.5. The molecule has 0 radical (unpaired) electrons. The van der Waals surface area contributed by atoms with Crippen molar-refractivity contribution in [2.24, 2.45) is 0 Å². The van der Waals surface area contributed by atoms with Gasteiger partial charge in [-0.1, -0.05) is 6.07 Å². The van der Waals surface area contributed by atoms with Crippen LogP contribution in [0.1, 0.15) is 63.5 Å². The minimum absolute atomic E-state index is 0.0307. The number of rotatable bonds is 1. The Labute approximate surface area is 195 Å². The quantitative estimate of drug-likeness (QED) is 0.578. The highest BCUT2D eigenvalue weighted by Crippen LogP contribution is 2.46. The maximum absolute atomic E-state index is 12.8. The number of carbonyl (C=O) groups is 1. The lowest BCUT2D eigenvalue weighted by molar-refractivity contribution is -1.02. The van der Waals surface area contributed by atoms with Crippen molar-refractivity contribution in [2.45, 2.75) is 76.0 Å². The number of ether oxygens (including phenoxy) is 2. The van der Waals surface area contributed by atoms with Crippen molar-refractivity contribution >= 4 is 5.97 Å². The molecular formula is C27H34NO5+. The number of hydrogen-bond donors (Lipinski definition) is 3. The van der Waals surface area contributed by atoms with E-state index in [2.05, 4.69) is 13.8 Å². The average molecular weight is 453 g/mol. The third-order valence-corrected chi connectivity index (χ3v) is 8.29. The summed E-state index contributed by atoms with van der Waals surface area (Å²) in [5.41, 5.74) is 3.04. The van der Waals surface area contributed by atoms with E-state index in [0.717, 1.165) is 42.5 Å². The molecule has 0 saturated carbocycles. The van der Waals surface area contributed by atoms with Crippen molar-refractivity contribution in [1.82, 2.24) is 0 Å². The third kappa shape index (κ3) is 3.65. The predicted molar refractivity (Wildman–Crippen MR) is 125 cm³/mol. The molecule has 176 valence electrons. The van der Waals surface area contributed by atoms with Gasteiger partial charge in [0.05, 0.1) is 19.2 Å². The van der Waals surface area contributed by atoms with Crippen molar-refractivity contribution < 1.29 is 29.4 Å². The Hall–Kier alpha value is -2.73. The van der Waals surface area contributed by atoms with E-state index in [-0.39, 0.29) is 29.1 Å². The van der Waals surface area contributed by atoms with Crippen molar-refractivity contribution in [3.05, 3.63) is 41.5 Å². The van der Waals surface area contributed by atoms with Gasteiger partial charge in [-0.2, -0.15) is 0 Å². The summed E-state index contributed by atoms with van der Waals surface area (Å²) in [5.74, 6) is 0.472. The topological polar surface area (TPSA) is 80.4 Å². The van der Waals surface area contributed by atoms with Crippen LogP contribution in [0.3, 0.4) is 0 Å². The van der Waals surface area contributed by atoms with E-state index in [4.69, 9.17) is 9.47 Å². The minimum Gasteiger partial charge on any atom is -0.507 e. The summed E-state index contributed by atoms with van der Waals surface area (Å²) >= 11 is 0. The van der Waals surface area contributed by atoms with E-state index in [0.29, 0.717) is 30.6 Å². The molecule has 2 fully saturated rings. The lowest BCUT2D eigenvalue weighted by Gasteiger charge is -2.56. The molecule has 2 aromatic rings. The zero-order valence-corrected chi connectivity index (χ0v) is 19.7. The number of carbonyl (C=O) groups excluding carboxylic acids is 1. The van der Waals surface area contributed by atoms with E-state index < -0.39 is 5.54 Å². The van der Waals surface area contributed by atoms with Gasteiger partial charge in [0.2, 0.25) is 0 Å². The summed E-state index contributed by atoms with van der Waals surface area (Å²) in [6.07, 6.45) is 5.58. The largest absolute Gasteiger partial charge is 0.507 e. The summed E-state index contributed by atoms with van der Waals surface area (Å²) in [5, 5.41) is 21.7. The normalized spacial score (nSPS) is 31.3. The second-order valence-corrected chi connectivity index (χ2v) is 10.5. The van der Waals surface area contributed by atoms with Crippen LogP contribution >= 0.6 is 0 Å². The molecule has 2 aromatic carbocycles. The summed E-state index contributed by atoms with van der Waals surface area (Å²) in [4.78, 5) is 14.2. The van der Waals surface area contributed by atoms with Crippen LogP contribution in [0, 0.1) is 0 Å². The molecule has 0 amide bonds. The zero-order chi connectivity index (χ0) is 23.4. The maximum Gasteiger partial charge on any atom is 0.306 e. The molecule has 0 spiro atoms. The van der Waals surface area contributed by atoms with Gasteiger partial charge in [0, 0.05) is 36.8 Å². The molecule has 3 aliphatic rings. The number of aryl methyl sites for hydroxylation is 1. The molecule has 0 aromatic heterocycles. The van der Waals surface area contributed by atoms with E-state index in [1.165, 1.54) is 18.4 Å². The zero-order valence-electron chi connectivity index (χ0n) is 19.7. The Morgan fingerprint density at radius 2 is 1.85 bits per heavy atom. The number of piperidine rings is 2. The first-order valence-electron chi connectivity index (χ1n) is 12.0. The highest BCUT2D eigenvalue weighted by atomic mass is 16.5. The van der Waals surface area contributed by atoms with Gasteiger partial charge in [0.15, 0.2) is 11.5 Å². The number of methoxy groups -OCH3 is 1. The SMILES string of the molecule is COc1cc2c(cc1O)[C@]1(C)C[C@H](C[C@@]3(C)CCCC[NH+]31)OC(=O)CCc1ccc(O)c-2c1. The van der Waals surface area contributed by atoms with Crippen LogP contribution in [-0.4, -0.2) is 41.5 Å². The van der Waals surface area contributed by atoms with Crippen LogP contribution in [-0.2, 0) is 21.5 Å². The fraction of sp³-hybridized carbons (Fsp3) is 0.519. The van der Waals surface area contributed by atoms with Crippen LogP contribution in [0.4, 0.5) is 0 Å². The number of hydrogen-bond acceptors (Lipinski definition) is 5. The van der Waals surface area contributed by atoms with Crippen LogP contribution in [0.25, 0.3) is 11.1 Å². The smallest absolute Gasteiger partial charge is 0.306 e. The maximum atomic E-state index is 12.8. The lowest BCUT2D eigenvalue weighted by Crippen LogP contribution is -3.27. The van der Waals surface area contributed by atoms with Crippen molar-refractivity contribution in [3.63, 3.8) is 0 Å². The van der Waals surface area contributed by atoms with E-state index >= 15 is 0 Å². The number of phenols is 2. The van der Waals surface area contributed by atoms with Gasteiger partial charge < -0.3 is 24.6 Å². The molecule has 4 atom stereocenters. The highest BCUT2D eigenvalue weighted by Gasteiger charge is 2.57. The van der Waals surface area contributed by atoms with Crippen LogP contribution < -0.4 is 9.64 Å². The van der Waals surface area contributed by atoms with Crippen LogP contribution in [0.2, 0.25) is 0 Å². The second kappa shape index (κ2) is 7.94. The molecular weight excluding hydrogens is 418 g/mol. The molecule has 3 N–H and O–H groups in total. The molecule has 3 aliphatic heterocycles. The first-order chi connectivity index (χ1) is 15.7. The van der Waals surface area contributed by atoms with Gasteiger partial charge in [0.1, 0.15) is 17.4 Å². The van der Waals surface area contributed by atoms with Gasteiger partial charge in [-0.25, -0.2) is 0 Å². The van der Waals surface area contributed by atoms with Gasteiger partial charge in [0.25, 0.3) is 0 Å². The van der Waals surface area contributed by atoms with Crippen molar-refractivity contribution in [2.75, 3.05) is 13.7 Å². The summed E-state index contributed by atoms with van der Waals surface area (Å²) in [7, 11) is 1.54. The molecule has 6 heteroatoms. The molecule has 1 unspecified atom stereocenters. The Balaban J connectivity index is 1.80. The Morgan fingerprint density at radius 1 is 1.03 bits per heavy atom. The molecule has 4 bridgehead atoms. The van der Waals surface area contributed by atoms with Gasteiger partial charge in [-0.15, -0.1) is 0 Å². The van der Waals surface area contributed by atoms with Gasteiger partial charge in [-0.3, -0.25) is 4.79 Å². The monoisotopic (exact) mass is 452 g/mol. The summed E-state index contributed by atoms with van der Waals surface area (Å²) in [6.45, 7) is 5.56. The lowest BCUT2D eigenvalue weighted by atomic mass is 9.68. The molecule has 3 heterocycles. The number of esters is 1. The Morgan fingerprint density at radius 3 is 2.64 bits per heavy atom. The van der Waals surface area contributed by atoms with Gasteiger partial charge in [-0.05, 0) is 68.5 Å². The molecule has 2 saturated heterocycles. The van der Waals surface area contributed by atoms with E-state index in [1.807, 2.05) is 18.2 Å². The minimum atomic E-state index is -0.418. The molecule has 6 nitrogen and oxygen atoms in total. The number of quaternary nitrogens is 1. The standard InChI is InChI=1S/C27H33NO5/c1-26-10-4-5-11-28(26)27(2)16-18(15-26)33-25(31)9-7-17-6-8-22(29)20(12-17)19-13-24(32-3)23(30)14-21(19)27/h6,8,12-14,18,29-30H,4-5,7,9-11,15-16H2,1-3H3/p+1/t18-,26+,27-/m0/s1. The first kappa shape index (κ1) is 22.1. The first-order valence-corrected chi connectivity index (χ1v) is 12.0. The Kier molecular flexibility index (Phi) is 5.31. The number of aromatic hydroxyl groups is 2. The number of benzene rings is 2.